The maximum atomic E-state index is 12.3. The van der Waals surface area contributed by atoms with Gasteiger partial charge in [0, 0.05) is 25.3 Å². The number of hydrogen-bond donors (Lipinski definition) is 2. The average Bonchev–Trinajstić information content (AvgIpc) is 3.09. The van der Waals surface area contributed by atoms with Gasteiger partial charge in [-0.05, 0) is 25.0 Å². The fraction of sp³-hybridized carbons (Fsp3) is 0.467. The molecular weight excluding hydrogens is 286 g/mol. The lowest BCUT2D eigenvalue weighted by atomic mass is 10.00. The maximum Gasteiger partial charge on any atom is 0.263 e. The Bertz CT molecular complexity index is 655. The summed E-state index contributed by atoms with van der Waals surface area (Å²) in [6.45, 7) is 3.53. The molecule has 2 aromatic heterocycles. The quantitative estimate of drug-likeness (QED) is 0.909. The minimum absolute atomic E-state index is 0.114. The molecule has 3 rings (SSSR count). The van der Waals surface area contributed by atoms with Crippen LogP contribution < -0.4 is 11.1 Å². The van der Waals surface area contributed by atoms with Crippen molar-refractivity contribution in [3.63, 3.8) is 0 Å². The van der Waals surface area contributed by atoms with Crippen LogP contribution in [0, 0.1) is 5.92 Å². The van der Waals surface area contributed by atoms with Crippen molar-refractivity contribution in [2.24, 2.45) is 5.92 Å². The molecule has 5 nitrogen and oxygen atoms in total. The largest absolute Gasteiger partial charge is 0.396 e. The monoisotopic (exact) mass is 305 g/mol. The number of carbonyl (C=O) groups excluding carboxylic acids is 1. The summed E-state index contributed by atoms with van der Waals surface area (Å²) in [6, 6.07) is 3.78. The molecule has 0 radical (unpaired) electrons. The number of thiophene rings is 1. The van der Waals surface area contributed by atoms with E-state index >= 15 is 0 Å². The highest BCUT2D eigenvalue weighted by atomic mass is 32.1. The molecule has 3 heterocycles. The van der Waals surface area contributed by atoms with Gasteiger partial charge in [-0.3, -0.25) is 9.78 Å². The van der Waals surface area contributed by atoms with Crippen molar-refractivity contribution in [2.45, 2.75) is 25.9 Å². The summed E-state index contributed by atoms with van der Waals surface area (Å²) in [6.07, 6.45) is 3.93. The van der Waals surface area contributed by atoms with Crippen LogP contribution in [0.5, 0.6) is 0 Å². The zero-order valence-electron chi connectivity index (χ0n) is 12.0. The summed E-state index contributed by atoms with van der Waals surface area (Å²) >= 11 is 1.39. The van der Waals surface area contributed by atoms with E-state index in [9.17, 15) is 4.79 Å². The SMILES string of the molecule is CCC1OCCC1CNC(=O)c1sc2cccnc2c1N. The number of nitrogen functional groups attached to an aromatic ring is 1. The number of amides is 1. The number of anilines is 1. The molecule has 0 aromatic carbocycles. The van der Waals surface area contributed by atoms with Crippen LogP contribution in [-0.4, -0.2) is 30.1 Å². The maximum absolute atomic E-state index is 12.3. The van der Waals surface area contributed by atoms with Crippen LogP contribution in [0.25, 0.3) is 10.2 Å². The summed E-state index contributed by atoms with van der Waals surface area (Å²) in [5.41, 5.74) is 7.23. The second-order valence-electron chi connectivity index (χ2n) is 5.27. The molecule has 1 saturated heterocycles. The van der Waals surface area contributed by atoms with Crippen LogP contribution in [0.1, 0.15) is 29.4 Å². The molecule has 0 aliphatic carbocycles. The zero-order chi connectivity index (χ0) is 14.8. The predicted octanol–water partition coefficient (Wildman–Crippen LogP) is 2.42. The topological polar surface area (TPSA) is 77.2 Å². The molecule has 2 aromatic rings. The number of fused-ring (bicyclic) bond motifs is 1. The molecule has 21 heavy (non-hydrogen) atoms. The van der Waals surface area contributed by atoms with E-state index in [1.165, 1.54) is 11.3 Å². The number of nitrogens with two attached hydrogens (primary N) is 1. The Morgan fingerprint density at radius 3 is 3.24 bits per heavy atom. The minimum Gasteiger partial charge on any atom is -0.396 e. The van der Waals surface area contributed by atoms with Gasteiger partial charge in [-0.15, -0.1) is 11.3 Å². The number of nitrogens with zero attached hydrogens (tertiary/aromatic N) is 1. The van der Waals surface area contributed by atoms with E-state index < -0.39 is 0 Å². The lowest BCUT2D eigenvalue weighted by Crippen LogP contribution is -2.32. The van der Waals surface area contributed by atoms with E-state index in [0.29, 0.717) is 28.5 Å². The number of rotatable bonds is 4. The molecular formula is C15H19N3O2S. The summed E-state index contributed by atoms with van der Waals surface area (Å²) in [5.74, 6) is 0.282. The lowest BCUT2D eigenvalue weighted by molar-refractivity contribution is 0.0828. The highest BCUT2D eigenvalue weighted by molar-refractivity contribution is 7.21. The molecule has 6 heteroatoms. The first kappa shape index (κ1) is 14.3. The van der Waals surface area contributed by atoms with Gasteiger partial charge in [0.2, 0.25) is 0 Å². The van der Waals surface area contributed by atoms with Crippen molar-refractivity contribution in [2.75, 3.05) is 18.9 Å². The van der Waals surface area contributed by atoms with Gasteiger partial charge in [-0.25, -0.2) is 0 Å². The highest BCUT2D eigenvalue weighted by Gasteiger charge is 2.27. The third-order valence-corrected chi connectivity index (χ3v) is 5.12. The normalized spacial score (nSPS) is 21.8. The van der Waals surface area contributed by atoms with E-state index in [0.717, 1.165) is 24.1 Å². The van der Waals surface area contributed by atoms with E-state index in [-0.39, 0.29) is 12.0 Å². The summed E-state index contributed by atoms with van der Waals surface area (Å²) < 4.78 is 6.58. The van der Waals surface area contributed by atoms with Gasteiger partial charge in [0.1, 0.15) is 10.4 Å². The Morgan fingerprint density at radius 1 is 1.62 bits per heavy atom. The number of pyridine rings is 1. The van der Waals surface area contributed by atoms with Crippen molar-refractivity contribution in [3.8, 4) is 0 Å². The fourth-order valence-corrected chi connectivity index (χ4v) is 3.80. The van der Waals surface area contributed by atoms with Gasteiger partial charge >= 0.3 is 0 Å². The van der Waals surface area contributed by atoms with Crippen molar-refractivity contribution in [3.05, 3.63) is 23.2 Å². The summed E-state index contributed by atoms with van der Waals surface area (Å²) in [7, 11) is 0. The zero-order valence-corrected chi connectivity index (χ0v) is 12.8. The second-order valence-corrected chi connectivity index (χ2v) is 6.32. The minimum atomic E-state index is -0.114. The number of hydrogen-bond acceptors (Lipinski definition) is 5. The molecule has 1 aliphatic heterocycles. The molecule has 2 atom stereocenters. The first-order chi connectivity index (χ1) is 10.2. The van der Waals surface area contributed by atoms with Gasteiger partial charge in [0.25, 0.3) is 5.91 Å². The number of nitrogens with one attached hydrogen (secondary N) is 1. The molecule has 0 spiro atoms. The van der Waals surface area contributed by atoms with E-state index in [2.05, 4.69) is 17.2 Å². The third kappa shape index (κ3) is 2.73. The first-order valence-corrected chi connectivity index (χ1v) is 8.05. The molecule has 1 aliphatic rings. The first-order valence-electron chi connectivity index (χ1n) is 7.23. The van der Waals surface area contributed by atoms with Crippen molar-refractivity contribution in [1.29, 1.82) is 0 Å². The van der Waals surface area contributed by atoms with Crippen LogP contribution in [0.15, 0.2) is 18.3 Å². The van der Waals surface area contributed by atoms with Gasteiger partial charge in [-0.2, -0.15) is 0 Å². The molecule has 0 bridgehead atoms. The smallest absolute Gasteiger partial charge is 0.263 e. The second kappa shape index (κ2) is 5.99. The predicted molar refractivity (Wildman–Crippen MR) is 84.5 cm³/mol. The Kier molecular flexibility index (Phi) is 4.07. The number of aromatic nitrogens is 1. The molecule has 112 valence electrons. The number of ether oxygens (including phenoxy) is 1. The van der Waals surface area contributed by atoms with Gasteiger partial charge in [0.15, 0.2) is 0 Å². The third-order valence-electron chi connectivity index (χ3n) is 3.96. The Hall–Kier alpha value is -1.66. The van der Waals surface area contributed by atoms with E-state index in [1.54, 1.807) is 6.20 Å². The van der Waals surface area contributed by atoms with Crippen molar-refractivity contribution in [1.82, 2.24) is 10.3 Å². The molecule has 1 amide bonds. The van der Waals surface area contributed by atoms with Gasteiger partial charge < -0.3 is 15.8 Å². The fourth-order valence-electron chi connectivity index (χ4n) is 2.80. The Morgan fingerprint density at radius 2 is 2.48 bits per heavy atom. The number of carbonyl (C=O) groups is 1. The van der Waals surface area contributed by atoms with E-state index in [1.807, 2.05) is 12.1 Å². The summed E-state index contributed by atoms with van der Waals surface area (Å²) in [4.78, 5) is 17.1. The standard InChI is InChI=1S/C15H19N3O2S/c1-2-10-9(5-7-20-10)8-18-15(19)14-12(16)13-11(21-14)4-3-6-17-13/h3-4,6,9-10H,2,5,7-8,16H2,1H3,(H,18,19). The van der Waals surface area contributed by atoms with Crippen LogP contribution in [0.3, 0.4) is 0 Å². The van der Waals surface area contributed by atoms with Crippen molar-refractivity contribution >= 4 is 33.1 Å². The molecule has 2 unspecified atom stereocenters. The summed E-state index contributed by atoms with van der Waals surface area (Å²) in [5, 5.41) is 2.99. The van der Waals surface area contributed by atoms with Crippen molar-refractivity contribution < 1.29 is 9.53 Å². The van der Waals surface area contributed by atoms with Crippen LogP contribution >= 0.6 is 11.3 Å². The Labute approximate surface area is 127 Å². The molecule has 1 fully saturated rings. The average molecular weight is 305 g/mol. The van der Waals surface area contributed by atoms with E-state index in [4.69, 9.17) is 10.5 Å². The van der Waals surface area contributed by atoms with Crippen LogP contribution in [0.4, 0.5) is 5.69 Å². The lowest BCUT2D eigenvalue weighted by Gasteiger charge is -2.17. The molecule has 3 N–H and O–H groups in total. The highest BCUT2D eigenvalue weighted by Crippen LogP contribution is 2.31. The Balaban J connectivity index is 1.71. The molecule has 0 saturated carbocycles. The van der Waals surface area contributed by atoms with Crippen LogP contribution in [-0.2, 0) is 4.74 Å². The van der Waals surface area contributed by atoms with Gasteiger partial charge in [0.05, 0.1) is 16.5 Å². The van der Waals surface area contributed by atoms with Crippen LogP contribution in [0.2, 0.25) is 0 Å². The van der Waals surface area contributed by atoms with Gasteiger partial charge in [-0.1, -0.05) is 6.92 Å².